The zero-order chi connectivity index (χ0) is 10.9. The minimum atomic E-state index is -2.25. The Morgan fingerprint density at radius 1 is 1.36 bits per heavy atom. The molecule has 0 fully saturated rings. The molecule has 0 aliphatic rings. The van der Waals surface area contributed by atoms with Crippen molar-refractivity contribution in [2.75, 3.05) is 0 Å². The maximum absolute atomic E-state index is 13.3. The molecular weight excluding hydrogens is 203 g/mol. The van der Waals surface area contributed by atoms with Gasteiger partial charge in [-0.2, -0.15) is 0 Å². The molecule has 4 heteroatoms. The van der Waals surface area contributed by atoms with Gasteiger partial charge in [0.15, 0.2) is 11.1 Å². The Hall–Kier alpha value is -0.740. The summed E-state index contributed by atoms with van der Waals surface area (Å²) < 4.78 is 32.7. The second-order valence-corrected chi connectivity index (χ2v) is 5.08. The summed E-state index contributed by atoms with van der Waals surface area (Å²) in [7, 11) is 0. The molecule has 0 aliphatic carbocycles. The maximum Gasteiger partial charge on any atom is 0.189 e. The van der Waals surface area contributed by atoms with Crippen LogP contribution in [0.5, 0.6) is 0 Å². The highest BCUT2D eigenvalue weighted by atomic mass is 32.2. The van der Waals surface area contributed by atoms with E-state index in [1.807, 2.05) is 20.8 Å². The van der Waals surface area contributed by atoms with E-state index in [0.29, 0.717) is 0 Å². The lowest BCUT2D eigenvalue weighted by molar-refractivity contribution is 0.535. The van der Waals surface area contributed by atoms with Crippen LogP contribution in [0, 0.1) is 5.82 Å². The molecule has 1 rings (SSSR count). The van der Waals surface area contributed by atoms with E-state index in [1.165, 1.54) is 12.1 Å². The quantitative estimate of drug-likeness (QED) is 0.733. The lowest BCUT2D eigenvalue weighted by Gasteiger charge is -2.19. The summed E-state index contributed by atoms with van der Waals surface area (Å²) in [6.45, 7) is 5.87. The van der Waals surface area contributed by atoms with Gasteiger partial charge in [-0.1, -0.05) is 26.8 Å². The normalized spacial score (nSPS) is 14.1. The van der Waals surface area contributed by atoms with Crippen molar-refractivity contribution in [3.8, 4) is 0 Å². The highest BCUT2D eigenvalue weighted by Gasteiger charge is 2.16. The van der Waals surface area contributed by atoms with Gasteiger partial charge in [0.2, 0.25) is 0 Å². The molecule has 1 atom stereocenters. The van der Waals surface area contributed by atoms with Gasteiger partial charge in [0, 0.05) is 0 Å². The second kappa shape index (κ2) is 3.79. The van der Waals surface area contributed by atoms with Gasteiger partial charge in [-0.15, -0.1) is 0 Å². The number of halogens is 1. The number of rotatable bonds is 1. The third kappa shape index (κ3) is 2.39. The zero-order valence-corrected chi connectivity index (χ0v) is 9.19. The molecule has 0 spiro atoms. The molecule has 0 bridgehead atoms. The minimum Gasteiger partial charge on any atom is -0.302 e. The molecule has 2 nitrogen and oxygen atoms in total. The van der Waals surface area contributed by atoms with Gasteiger partial charge in [-0.25, -0.2) is 8.60 Å². The van der Waals surface area contributed by atoms with Crippen molar-refractivity contribution in [2.24, 2.45) is 0 Å². The monoisotopic (exact) mass is 216 g/mol. The fraction of sp³-hybridized carbons (Fsp3) is 0.400. The van der Waals surface area contributed by atoms with Crippen LogP contribution in [0.1, 0.15) is 26.3 Å². The van der Waals surface area contributed by atoms with Crippen molar-refractivity contribution in [3.63, 3.8) is 0 Å². The molecule has 0 amide bonds. The third-order valence-electron chi connectivity index (χ3n) is 1.99. The van der Waals surface area contributed by atoms with E-state index in [1.54, 1.807) is 6.07 Å². The van der Waals surface area contributed by atoms with Crippen LogP contribution in [-0.2, 0) is 16.5 Å². The predicted molar refractivity (Wildman–Crippen MR) is 54.1 cm³/mol. The first-order valence-electron chi connectivity index (χ1n) is 4.23. The van der Waals surface area contributed by atoms with E-state index in [2.05, 4.69) is 0 Å². The highest BCUT2D eigenvalue weighted by Crippen LogP contribution is 2.24. The van der Waals surface area contributed by atoms with Crippen LogP contribution in [-0.4, -0.2) is 8.76 Å². The number of hydrogen-bond acceptors (Lipinski definition) is 1. The molecule has 1 aromatic carbocycles. The summed E-state index contributed by atoms with van der Waals surface area (Å²) in [5.41, 5.74) is 0.653. The first-order chi connectivity index (χ1) is 6.32. The van der Waals surface area contributed by atoms with Gasteiger partial charge < -0.3 is 4.55 Å². The van der Waals surface area contributed by atoms with E-state index in [0.717, 1.165) is 5.56 Å². The van der Waals surface area contributed by atoms with Crippen molar-refractivity contribution in [1.29, 1.82) is 0 Å². The van der Waals surface area contributed by atoms with Crippen LogP contribution >= 0.6 is 0 Å². The largest absolute Gasteiger partial charge is 0.302 e. The van der Waals surface area contributed by atoms with Gasteiger partial charge in [-0.3, -0.25) is 0 Å². The summed E-state index contributed by atoms with van der Waals surface area (Å²) in [5, 5.41) is 0. The van der Waals surface area contributed by atoms with Gasteiger partial charge in [0.1, 0.15) is 10.7 Å². The van der Waals surface area contributed by atoms with E-state index in [4.69, 9.17) is 4.55 Å². The van der Waals surface area contributed by atoms with Crippen LogP contribution < -0.4 is 0 Å². The SMILES string of the molecule is CC(C)(C)c1ccc(S(=O)O)c(F)c1. The third-order valence-corrected chi connectivity index (χ3v) is 2.69. The van der Waals surface area contributed by atoms with Crippen LogP contribution in [0.15, 0.2) is 23.1 Å². The van der Waals surface area contributed by atoms with Crippen molar-refractivity contribution < 1.29 is 13.2 Å². The number of benzene rings is 1. The van der Waals surface area contributed by atoms with Gasteiger partial charge in [0.05, 0.1) is 0 Å². The summed E-state index contributed by atoms with van der Waals surface area (Å²) in [5.74, 6) is -0.627. The van der Waals surface area contributed by atoms with Crippen molar-refractivity contribution in [2.45, 2.75) is 31.1 Å². The fourth-order valence-corrected chi connectivity index (χ4v) is 1.52. The van der Waals surface area contributed by atoms with Crippen LogP contribution in [0.4, 0.5) is 4.39 Å². The lowest BCUT2D eigenvalue weighted by Crippen LogP contribution is -2.11. The molecule has 1 aromatic rings. The molecule has 78 valence electrons. The Balaban J connectivity index is 3.20. The van der Waals surface area contributed by atoms with Crippen molar-refractivity contribution >= 4 is 11.1 Å². The first-order valence-corrected chi connectivity index (χ1v) is 5.34. The van der Waals surface area contributed by atoms with Crippen LogP contribution in [0.3, 0.4) is 0 Å². The molecule has 14 heavy (non-hydrogen) atoms. The Bertz CT molecular complexity index is 369. The molecular formula is C10H13FO2S. The Kier molecular flexibility index (Phi) is 3.07. The van der Waals surface area contributed by atoms with Crippen LogP contribution in [0.2, 0.25) is 0 Å². The topological polar surface area (TPSA) is 37.3 Å². The van der Waals surface area contributed by atoms with E-state index in [-0.39, 0.29) is 10.3 Å². The Labute approximate surface area is 85.4 Å². The van der Waals surface area contributed by atoms with Gasteiger partial charge in [-0.05, 0) is 23.1 Å². The summed E-state index contributed by atoms with van der Waals surface area (Å²) >= 11 is -2.25. The minimum absolute atomic E-state index is 0.156. The van der Waals surface area contributed by atoms with E-state index >= 15 is 0 Å². The first kappa shape index (κ1) is 11.3. The second-order valence-electron chi connectivity index (χ2n) is 4.14. The molecule has 0 aliphatic heterocycles. The molecule has 0 heterocycles. The summed E-state index contributed by atoms with van der Waals surface area (Å²) in [6.07, 6.45) is 0. The van der Waals surface area contributed by atoms with Crippen LogP contribution in [0.25, 0.3) is 0 Å². The Morgan fingerprint density at radius 3 is 2.29 bits per heavy atom. The van der Waals surface area contributed by atoms with Crippen molar-refractivity contribution in [3.05, 3.63) is 29.6 Å². The highest BCUT2D eigenvalue weighted by molar-refractivity contribution is 7.79. The average Bonchev–Trinajstić information content (AvgIpc) is 2.01. The Morgan fingerprint density at radius 2 is 1.93 bits per heavy atom. The van der Waals surface area contributed by atoms with Gasteiger partial charge >= 0.3 is 0 Å². The summed E-state index contributed by atoms with van der Waals surface area (Å²) in [4.78, 5) is -0.169. The molecule has 0 saturated carbocycles. The van der Waals surface area contributed by atoms with E-state index < -0.39 is 16.9 Å². The molecule has 0 aromatic heterocycles. The summed E-state index contributed by atoms with van der Waals surface area (Å²) in [6, 6.07) is 4.34. The zero-order valence-electron chi connectivity index (χ0n) is 8.37. The molecule has 0 radical (unpaired) electrons. The predicted octanol–water partition coefficient (Wildman–Crippen LogP) is 2.70. The van der Waals surface area contributed by atoms with Crippen molar-refractivity contribution in [1.82, 2.24) is 0 Å². The van der Waals surface area contributed by atoms with Gasteiger partial charge in [0.25, 0.3) is 0 Å². The lowest BCUT2D eigenvalue weighted by atomic mass is 9.87. The maximum atomic E-state index is 13.3. The molecule has 1 N–H and O–H groups in total. The van der Waals surface area contributed by atoms with E-state index in [9.17, 15) is 8.60 Å². The molecule has 0 saturated heterocycles. The smallest absolute Gasteiger partial charge is 0.189 e. The number of hydrogen-bond donors (Lipinski definition) is 1. The standard InChI is InChI=1S/C10H13FO2S/c1-10(2,3)7-4-5-9(14(12)13)8(11)6-7/h4-6H,1-3H3,(H,12,13). The fourth-order valence-electron chi connectivity index (χ4n) is 1.11. The average molecular weight is 216 g/mol. The molecule has 1 unspecified atom stereocenters.